The summed E-state index contributed by atoms with van der Waals surface area (Å²) in [6, 6.07) is 5.55. The molecule has 4 saturated carbocycles. The molecule has 12 heteroatoms. The topological polar surface area (TPSA) is 171 Å². The monoisotopic (exact) mass is 905 g/mol. The van der Waals surface area contributed by atoms with Crippen molar-refractivity contribution in [3.63, 3.8) is 0 Å². The van der Waals surface area contributed by atoms with Crippen molar-refractivity contribution >= 4 is 39.0 Å². The molecule has 1 aromatic rings. The molecule has 0 aromatic heterocycles. The quantitative estimate of drug-likeness (QED) is 0.0962. The van der Waals surface area contributed by atoms with Crippen molar-refractivity contribution in [2.75, 3.05) is 23.8 Å². The molecule has 2 saturated heterocycles. The summed E-state index contributed by atoms with van der Waals surface area (Å²) in [4.78, 5) is 32.5. The van der Waals surface area contributed by atoms with Crippen LogP contribution in [0.1, 0.15) is 123 Å². The molecule has 16 atom stereocenters. The lowest BCUT2D eigenvalue weighted by molar-refractivity contribution is -0.194. The number of allylic oxidation sites excluding steroid dienone is 2. The van der Waals surface area contributed by atoms with E-state index in [1.54, 1.807) is 39.8 Å². The van der Waals surface area contributed by atoms with Crippen LogP contribution in [0.2, 0.25) is 0 Å². The summed E-state index contributed by atoms with van der Waals surface area (Å²) in [5.41, 5.74) is -3.76. The molecular formula is C51H71NO9S2. The first-order valence-corrected chi connectivity index (χ1v) is 26.8. The van der Waals surface area contributed by atoms with Gasteiger partial charge in [0.1, 0.15) is 17.5 Å². The molecule has 0 radical (unpaired) electrons. The first kappa shape index (κ1) is 44.9. The van der Waals surface area contributed by atoms with E-state index in [0.717, 1.165) is 43.2 Å². The van der Waals surface area contributed by atoms with Gasteiger partial charge in [-0.25, -0.2) is 0 Å². The molecule has 1 amide bonds. The van der Waals surface area contributed by atoms with E-state index < -0.39 is 51.2 Å². The number of anilines is 1. The van der Waals surface area contributed by atoms with Crippen molar-refractivity contribution in [3.05, 3.63) is 47.6 Å². The molecule has 12 rings (SSSR count). The summed E-state index contributed by atoms with van der Waals surface area (Å²) in [5.74, 6) is 0.344. The van der Waals surface area contributed by atoms with Gasteiger partial charge in [-0.3, -0.25) is 9.59 Å². The Morgan fingerprint density at radius 3 is 2.56 bits per heavy atom. The molecule has 6 fully saturated rings. The molecule has 3 spiro atoms. The Kier molecular flexibility index (Phi) is 11.3. The summed E-state index contributed by atoms with van der Waals surface area (Å²) in [6.45, 7) is 9.31. The maximum absolute atomic E-state index is 15.5. The number of epoxide rings is 1. The summed E-state index contributed by atoms with van der Waals surface area (Å²) < 4.78 is 6.50. The van der Waals surface area contributed by atoms with E-state index in [2.05, 4.69) is 45.9 Å². The fourth-order valence-electron chi connectivity index (χ4n) is 16.0. The van der Waals surface area contributed by atoms with Gasteiger partial charge < -0.3 is 40.3 Å². The van der Waals surface area contributed by atoms with E-state index in [9.17, 15) is 30.6 Å². The van der Waals surface area contributed by atoms with Gasteiger partial charge in [0.05, 0.1) is 34.7 Å². The zero-order chi connectivity index (χ0) is 44.5. The minimum Gasteiger partial charge on any atom is -0.508 e. The molecule has 11 aliphatic rings. The number of ether oxygens (including phenoxy) is 1. The lowest BCUT2D eigenvalue weighted by atomic mass is 9.39. The van der Waals surface area contributed by atoms with E-state index in [0.29, 0.717) is 75.3 Å². The van der Waals surface area contributed by atoms with Gasteiger partial charge in [-0.1, -0.05) is 74.3 Å². The van der Waals surface area contributed by atoms with E-state index in [-0.39, 0.29) is 77.8 Å². The van der Waals surface area contributed by atoms with Crippen molar-refractivity contribution < 1.29 is 45.0 Å². The number of amides is 1. The van der Waals surface area contributed by atoms with Crippen LogP contribution in [0.3, 0.4) is 0 Å². The van der Waals surface area contributed by atoms with Crippen LogP contribution in [0.15, 0.2) is 42.0 Å². The Hall–Kier alpha value is -1.90. The van der Waals surface area contributed by atoms with Crippen molar-refractivity contribution in [1.29, 1.82) is 0 Å². The lowest BCUT2D eigenvalue weighted by Crippen LogP contribution is -2.68. The SMILES string of the molecule is CC(C)[C@@H](C)[C@@H]1O[C@H]1[C@@]1(O)CC=C[C@@H]2C[C@H]3C4=CC(=O)[C@]5(CSS[C@@H](CCCO)[C@H]6CCCC[C@]67CCN(C7=O)c6cc(O)cc(c6)CC[C@]26[C@@H]1CC[C@@]46O)C[C@@H](O)[C@@H](O)C[C@]35C. The number of carbonyl (C=O) groups is 2. The zero-order valence-corrected chi connectivity index (χ0v) is 39.3. The molecule has 5 aliphatic heterocycles. The molecular weight excluding hydrogens is 835 g/mol. The van der Waals surface area contributed by atoms with Crippen molar-refractivity contribution in [3.8, 4) is 5.75 Å². The summed E-state index contributed by atoms with van der Waals surface area (Å²) in [6.07, 6.45) is 12.5. The van der Waals surface area contributed by atoms with Crippen LogP contribution < -0.4 is 4.90 Å². The number of aliphatic hydroxyl groups excluding tert-OH is 3. The van der Waals surface area contributed by atoms with Gasteiger partial charge in [0.15, 0.2) is 5.78 Å². The Labute approximate surface area is 381 Å². The molecule has 1 aromatic carbocycles. The number of phenols is 1. The number of benzene rings is 1. The third-order valence-electron chi connectivity index (χ3n) is 19.7. The Bertz CT molecular complexity index is 2060. The number of aryl methyl sites for hydroxylation is 1. The fraction of sp³-hybridized carbons (Fsp3) is 0.765. The average molecular weight is 906 g/mol. The number of rotatable bonds is 6. The normalized spacial score (nSPS) is 47.2. The Morgan fingerprint density at radius 2 is 1.78 bits per heavy atom. The van der Waals surface area contributed by atoms with Crippen LogP contribution in [0.25, 0.3) is 0 Å². The Morgan fingerprint density at radius 1 is 0.984 bits per heavy atom. The van der Waals surface area contributed by atoms with E-state index in [1.807, 2.05) is 4.90 Å². The van der Waals surface area contributed by atoms with Gasteiger partial charge in [0, 0.05) is 47.2 Å². The standard InChI is InChI=1S/C51H71NO9S2/c1-29(2)30(3)43-44(61-43)50(59)15-7-9-32-23-36-37-25-42(57)48(27-39(56)38(55)26-46(36,48)4)28-62-63-40(11-8-20-53)35-10-5-6-14-47(35)18-19-52(45(47)58)33-21-31(22-34(54)24-33)12-16-49(32)41(50)13-17-51(37,49)60/h7,9,21-22,24-25,29-30,32,35-36,38-41,43-44,53-56,59-60H,5-6,8,10-20,23,26-28H2,1-4H3/t30-,32-,35-,36+,38+,39-,40+,41+,43+,44-,46-,47+,48-,49-,50-,51-/m1/s1. The number of aliphatic hydroxyl groups is 5. The second kappa shape index (κ2) is 15.8. The van der Waals surface area contributed by atoms with E-state index >= 15 is 9.59 Å². The molecule has 5 heterocycles. The van der Waals surface area contributed by atoms with Gasteiger partial charge >= 0.3 is 0 Å². The highest BCUT2D eigenvalue weighted by Crippen LogP contribution is 2.75. The molecule has 63 heavy (non-hydrogen) atoms. The summed E-state index contributed by atoms with van der Waals surface area (Å²) in [5, 5.41) is 72.0. The van der Waals surface area contributed by atoms with Crippen molar-refractivity contribution in [2.45, 2.75) is 165 Å². The molecule has 10 nitrogen and oxygen atoms in total. The van der Waals surface area contributed by atoms with Crippen LogP contribution in [0.4, 0.5) is 5.69 Å². The molecule has 8 bridgehead atoms. The lowest BCUT2D eigenvalue weighted by Gasteiger charge is -2.66. The highest BCUT2D eigenvalue weighted by molar-refractivity contribution is 8.77. The zero-order valence-electron chi connectivity index (χ0n) is 37.7. The summed E-state index contributed by atoms with van der Waals surface area (Å²) >= 11 is 0. The van der Waals surface area contributed by atoms with Gasteiger partial charge in [-0.15, -0.1) is 0 Å². The molecule has 6 aliphatic carbocycles. The highest BCUT2D eigenvalue weighted by Gasteiger charge is 2.77. The number of hydrogen-bond acceptors (Lipinski definition) is 11. The van der Waals surface area contributed by atoms with Gasteiger partial charge in [-0.05, 0) is 148 Å². The van der Waals surface area contributed by atoms with Crippen LogP contribution in [-0.2, 0) is 20.7 Å². The number of fused-ring (bicyclic) bond motifs is 1. The minimum atomic E-state index is -1.47. The third kappa shape index (κ3) is 6.40. The van der Waals surface area contributed by atoms with Crippen LogP contribution in [0.5, 0.6) is 5.75 Å². The number of carbonyl (C=O) groups excluding carboxylic acids is 2. The first-order chi connectivity index (χ1) is 30.0. The number of aromatic hydroxyl groups is 1. The van der Waals surface area contributed by atoms with Gasteiger partial charge in [-0.2, -0.15) is 0 Å². The van der Waals surface area contributed by atoms with Crippen LogP contribution in [0, 0.1) is 57.2 Å². The molecule has 6 N–H and O–H groups in total. The fourth-order valence-corrected chi connectivity index (χ4v) is 19.8. The largest absolute Gasteiger partial charge is 0.508 e. The van der Waals surface area contributed by atoms with Gasteiger partial charge in [0.25, 0.3) is 0 Å². The van der Waals surface area contributed by atoms with Gasteiger partial charge in [0.2, 0.25) is 5.91 Å². The predicted molar refractivity (Wildman–Crippen MR) is 246 cm³/mol. The first-order valence-electron chi connectivity index (χ1n) is 24.4. The van der Waals surface area contributed by atoms with Crippen LogP contribution in [-0.4, -0.2) is 102 Å². The Balaban J connectivity index is 1.15. The smallest absolute Gasteiger partial charge is 0.233 e. The van der Waals surface area contributed by atoms with E-state index in [4.69, 9.17) is 4.74 Å². The number of phenolic OH excluding ortho intramolecular Hbond substituents is 1. The number of nitrogens with zero attached hydrogens (tertiary/aromatic N) is 1. The molecule has 346 valence electrons. The highest BCUT2D eigenvalue weighted by atomic mass is 33.1. The van der Waals surface area contributed by atoms with Crippen molar-refractivity contribution in [2.24, 2.45) is 57.2 Å². The maximum atomic E-state index is 15.5. The predicted octanol–water partition coefficient (Wildman–Crippen LogP) is 7.31. The minimum absolute atomic E-state index is 0.0413. The van der Waals surface area contributed by atoms with Crippen molar-refractivity contribution in [1.82, 2.24) is 0 Å². The second-order valence-corrected chi connectivity index (χ2v) is 25.1. The van der Waals surface area contributed by atoms with E-state index in [1.165, 1.54) is 0 Å². The number of hydrogen-bond donors (Lipinski definition) is 6. The number of ketones is 1. The summed E-state index contributed by atoms with van der Waals surface area (Å²) in [7, 11) is 3.39. The third-order valence-corrected chi connectivity index (χ3v) is 22.8. The average Bonchev–Trinajstić information content (AvgIpc) is 3.93. The van der Waals surface area contributed by atoms with Crippen LogP contribution >= 0.6 is 21.6 Å². The maximum Gasteiger partial charge on any atom is 0.233 e. The second-order valence-electron chi connectivity index (χ2n) is 22.5. The molecule has 0 unspecified atom stereocenters.